The van der Waals surface area contributed by atoms with Crippen molar-refractivity contribution in [2.75, 3.05) is 6.54 Å². The summed E-state index contributed by atoms with van der Waals surface area (Å²) < 4.78 is 0. The summed E-state index contributed by atoms with van der Waals surface area (Å²) in [4.78, 5) is 30.0. The summed E-state index contributed by atoms with van der Waals surface area (Å²) in [6, 6.07) is 28.8. The molecule has 0 aromatic heterocycles. The van der Waals surface area contributed by atoms with E-state index in [0.29, 0.717) is 24.8 Å². The Morgan fingerprint density at radius 1 is 1.03 bits per heavy atom. The van der Waals surface area contributed by atoms with Gasteiger partial charge in [-0.25, -0.2) is 0 Å². The summed E-state index contributed by atoms with van der Waals surface area (Å²) in [7, 11) is 0. The Bertz CT molecular complexity index is 1290. The molecule has 38 heavy (non-hydrogen) atoms. The maximum absolute atomic E-state index is 13.9. The van der Waals surface area contributed by atoms with Crippen LogP contribution in [0, 0.1) is 12.8 Å². The van der Waals surface area contributed by atoms with Crippen LogP contribution in [0.5, 0.6) is 0 Å². The van der Waals surface area contributed by atoms with Gasteiger partial charge in [-0.3, -0.25) is 9.59 Å². The number of hydrogen-bond acceptors (Lipinski definition) is 3. The lowest BCUT2D eigenvalue weighted by atomic mass is 9.83. The summed E-state index contributed by atoms with van der Waals surface area (Å²) in [5.74, 6) is 0.365. The largest absolute Gasteiger partial charge is 0.355 e. The normalized spacial score (nSPS) is 23.1. The molecule has 3 aromatic rings. The summed E-state index contributed by atoms with van der Waals surface area (Å²) in [6.07, 6.45) is 4.51. The van der Waals surface area contributed by atoms with Gasteiger partial charge in [0.25, 0.3) is 5.91 Å². The number of nitrogens with one attached hydrogen (secondary N) is 1. The van der Waals surface area contributed by atoms with Gasteiger partial charge in [0, 0.05) is 30.3 Å². The second-order valence-corrected chi connectivity index (χ2v) is 11.9. The molecular weight excluding hydrogens is 488 g/mol. The first-order valence-electron chi connectivity index (χ1n) is 13.6. The van der Waals surface area contributed by atoms with E-state index in [-0.39, 0.29) is 29.7 Å². The monoisotopic (exact) mass is 524 g/mol. The Labute approximate surface area is 230 Å². The number of benzene rings is 3. The van der Waals surface area contributed by atoms with Crippen LogP contribution in [0.1, 0.15) is 54.4 Å². The molecule has 5 rings (SSSR count). The Balaban J connectivity index is 1.33. The molecule has 2 fully saturated rings. The van der Waals surface area contributed by atoms with Crippen molar-refractivity contribution in [3.8, 4) is 0 Å². The summed E-state index contributed by atoms with van der Waals surface area (Å²) in [6.45, 7) is 5.41. The molecule has 0 radical (unpaired) electrons. The number of amides is 2. The lowest BCUT2D eigenvalue weighted by Crippen LogP contribution is -2.53. The highest BCUT2D eigenvalue weighted by molar-refractivity contribution is 8.04. The van der Waals surface area contributed by atoms with E-state index in [1.807, 2.05) is 59.5 Å². The second kappa shape index (κ2) is 12.0. The number of hydrogen-bond donors (Lipinski definition) is 1. The smallest absolute Gasteiger partial charge is 0.260 e. The van der Waals surface area contributed by atoms with E-state index in [1.54, 1.807) is 11.8 Å². The van der Waals surface area contributed by atoms with E-state index >= 15 is 0 Å². The van der Waals surface area contributed by atoms with Crippen LogP contribution in [0.2, 0.25) is 0 Å². The van der Waals surface area contributed by atoms with Crippen molar-refractivity contribution < 1.29 is 9.59 Å². The molecule has 4 nitrogen and oxygen atoms in total. The topological polar surface area (TPSA) is 49.4 Å². The second-order valence-electron chi connectivity index (χ2n) is 10.6. The van der Waals surface area contributed by atoms with Gasteiger partial charge in [0.05, 0.1) is 4.91 Å². The van der Waals surface area contributed by atoms with Crippen molar-refractivity contribution in [2.45, 2.75) is 56.9 Å². The Kier molecular flexibility index (Phi) is 8.33. The van der Waals surface area contributed by atoms with Crippen LogP contribution < -0.4 is 5.32 Å². The van der Waals surface area contributed by atoms with Crippen molar-refractivity contribution >= 4 is 29.7 Å². The van der Waals surface area contributed by atoms with Crippen molar-refractivity contribution in [2.24, 2.45) is 5.92 Å². The van der Waals surface area contributed by atoms with Gasteiger partial charge in [0.2, 0.25) is 5.91 Å². The summed E-state index contributed by atoms with van der Waals surface area (Å²) >= 11 is 1.70. The third-order valence-electron chi connectivity index (χ3n) is 7.76. The van der Waals surface area contributed by atoms with Gasteiger partial charge in [0.15, 0.2) is 0 Å². The average molecular weight is 525 g/mol. The zero-order valence-electron chi connectivity index (χ0n) is 22.2. The Morgan fingerprint density at radius 2 is 1.76 bits per heavy atom. The van der Waals surface area contributed by atoms with Crippen LogP contribution in [0.15, 0.2) is 89.8 Å². The third kappa shape index (κ3) is 6.21. The van der Waals surface area contributed by atoms with Gasteiger partial charge in [-0.2, -0.15) is 0 Å². The number of carbonyl (C=O) groups excluding carboxylic acids is 2. The summed E-state index contributed by atoms with van der Waals surface area (Å²) in [5, 5.41) is 3.50. The van der Waals surface area contributed by atoms with Crippen LogP contribution in [-0.2, 0) is 16.1 Å². The van der Waals surface area contributed by atoms with E-state index in [9.17, 15) is 9.59 Å². The number of carbonyl (C=O) groups is 2. The van der Waals surface area contributed by atoms with E-state index in [4.69, 9.17) is 0 Å². The molecule has 1 saturated heterocycles. The lowest BCUT2D eigenvalue weighted by molar-refractivity contribution is -0.133. The molecule has 2 amide bonds. The molecule has 1 aliphatic carbocycles. The number of fused-ring (bicyclic) bond motifs is 1. The highest BCUT2D eigenvalue weighted by Gasteiger charge is 2.44. The first-order chi connectivity index (χ1) is 18.5. The zero-order valence-corrected chi connectivity index (χ0v) is 23.0. The minimum atomic E-state index is -0.0766. The Hall–Kier alpha value is -3.31. The third-order valence-corrected chi connectivity index (χ3v) is 9.16. The maximum atomic E-state index is 13.9. The molecule has 0 spiro atoms. The standard InChI is InChI=1S/C33H36N2O2S/c1-23-10-9-13-26(18-23)22-35-29-20-28(32(36)34-21-24(2)27-14-7-4-8-15-27)16-17-30(29)38-31(33(35)37)19-25-11-5-3-6-12-25/h3-15,18-19,24,28-30H,16-17,20-22H2,1-2H3,(H,34,36)/b31-19-. The minimum Gasteiger partial charge on any atom is -0.355 e. The predicted molar refractivity (Wildman–Crippen MR) is 157 cm³/mol. The minimum absolute atomic E-state index is 0.0389. The lowest BCUT2D eigenvalue weighted by Gasteiger charge is -2.46. The van der Waals surface area contributed by atoms with Gasteiger partial charge < -0.3 is 10.2 Å². The highest BCUT2D eigenvalue weighted by Crippen LogP contribution is 2.44. The van der Waals surface area contributed by atoms with E-state index in [2.05, 4.69) is 55.6 Å². The van der Waals surface area contributed by atoms with Gasteiger partial charge in [-0.05, 0) is 54.9 Å². The molecule has 1 N–H and O–H groups in total. The van der Waals surface area contributed by atoms with Gasteiger partial charge in [-0.15, -0.1) is 11.8 Å². The van der Waals surface area contributed by atoms with Crippen molar-refractivity contribution in [3.05, 3.63) is 112 Å². The first-order valence-corrected chi connectivity index (χ1v) is 14.5. The van der Waals surface area contributed by atoms with E-state index in [1.165, 1.54) is 11.1 Å². The highest BCUT2D eigenvalue weighted by atomic mass is 32.2. The number of aryl methyl sites for hydroxylation is 1. The zero-order chi connectivity index (χ0) is 26.5. The fourth-order valence-corrected chi connectivity index (χ4v) is 7.04. The van der Waals surface area contributed by atoms with Gasteiger partial charge in [-0.1, -0.05) is 97.4 Å². The first kappa shape index (κ1) is 26.3. The number of nitrogens with zero attached hydrogens (tertiary/aromatic N) is 1. The van der Waals surface area contributed by atoms with Crippen LogP contribution in [-0.4, -0.2) is 34.6 Å². The quantitative estimate of drug-likeness (QED) is 0.356. The van der Waals surface area contributed by atoms with Crippen LogP contribution >= 0.6 is 11.8 Å². The predicted octanol–water partition coefficient (Wildman–Crippen LogP) is 6.57. The number of thioether (sulfide) groups is 1. The molecule has 5 heteroatoms. The molecule has 3 aromatic carbocycles. The average Bonchev–Trinajstić information content (AvgIpc) is 2.94. The van der Waals surface area contributed by atoms with Gasteiger partial charge in [0.1, 0.15) is 0 Å². The SMILES string of the molecule is Cc1cccc(CN2C(=O)/C(=C/c3ccccc3)SC3CCC(C(=O)NCC(C)c4ccccc4)CC32)c1. The van der Waals surface area contributed by atoms with Gasteiger partial charge >= 0.3 is 0 Å². The molecule has 196 valence electrons. The van der Waals surface area contributed by atoms with Crippen molar-refractivity contribution in [1.82, 2.24) is 10.2 Å². The molecule has 1 aliphatic heterocycles. The number of rotatable bonds is 7. The molecule has 4 atom stereocenters. The van der Waals surface area contributed by atoms with E-state index in [0.717, 1.165) is 28.9 Å². The Morgan fingerprint density at radius 3 is 2.50 bits per heavy atom. The van der Waals surface area contributed by atoms with Crippen molar-refractivity contribution in [1.29, 1.82) is 0 Å². The molecule has 1 saturated carbocycles. The maximum Gasteiger partial charge on any atom is 0.260 e. The van der Waals surface area contributed by atoms with Crippen LogP contribution in [0.3, 0.4) is 0 Å². The van der Waals surface area contributed by atoms with Crippen molar-refractivity contribution in [3.63, 3.8) is 0 Å². The van der Waals surface area contributed by atoms with E-state index < -0.39 is 0 Å². The van der Waals surface area contributed by atoms with Crippen LogP contribution in [0.4, 0.5) is 0 Å². The molecular formula is C33H36N2O2S. The fourth-order valence-electron chi connectivity index (χ4n) is 5.62. The fraction of sp³-hybridized carbons (Fsp3) is 0.333. The molecule has 4 unspecified atom stereocenters. The van der Waals surface area contributed by atoms with Crippen LogP contribution in [0.25, 0.3) is 6.08 Å². The molecule has 2 aliphatic rings. The molecule has 0 bridgehead atoms. The summed E-state index contributed by atoms with van der Waals surface area (Å²) in [5.41, 5.74) is 4.59. The molecule has 1 heterocycles.